The Morgan fingerprint density at radius 1 is 1.00 bits per heavy atom. The molecule has 1 heterocycles. The Labute approximate surface area is 133 Å². The first-order chi connectivity index (χ1) is 10.2. The molecule has 1 saturated heterocycles. The molecule has 0 amide bonds. The van der Waals surface area contributed by atoms with E-state index in [-0.39, 0.29) is 0 Å². The van der Waals surface area contributed by atoms with E-state index in [0.29, 0.717) is 25.8 Å². The molecule has 1 aliphatic rings. The summed E-state index contributed by atoms with van der Waals surface area (Å²) in [5, 5.41) is 0. The van der Waals surface area contributed by atoms with Crippen LogP contribution in [0, 0.1) is 0 Å². The van der Waals surface area contributed by atoms with Gasteiger partial charge in [-0.3, -0.25) is 0 Å². The predicted octanol–water partition coefficient (Wildman–Crippen LogP) is 3.84. The molecule has 0 saturated carbocycles. The molecule has 0 bridgehead atoms. The van der Waals surface area contributed by atoms with Crippen LogP contribution in [0.4, 0.5) is 5.69 Å². The molecule has 2 aromatic carbocycles. The van der Waals surface area contributed by atoms with Gasteiger partial charge in [-0.15, -0.1) is 0 Å². The maximum absolute atomic E-state index is 4.91. The van der Waals surface area contributed by atoms with Crippen LogP contribution in [0.5, 0.6) is 0 Å². The molecule has 3 heteroatoms. The number of hydrogen-bond acceptors (Lipinski definition) is 1. The van der Waals surface area contributed by atoms with Crippen LogP contribution in [-0.2, 0) is 0 Å². The van der Waals surface area contributed by atoms with Gasteiger partial charge in [0.25, 0.3) is 0 Å². The van der Waals surface area contributed by atoms with E-state index in [9.17, 15) is 0 Å². The number of rotatable bonds is 3. The fraction of sp³-hybridized carbons (Fsp3) is 0.278. The molecule has 3 rings (SSSR count). The summed E-state index contributed by atoms with van der Waals surface area (Å²) in [5.74, 6) is 0. The first kappa shape index (κ1) is 14.4. The van der Waals surface area contributed by atoms with Gasteiger partial charge in [0.2, 0.25) is 0 Å². The molecule has 1 atom stereocenters. The van der Waals surface area contributed by atoms with Crippen molar-refractivity contribution in [2.45, 2.75) is 24.7 Å². The van der Waals surface area contributed by atoms with Crippen molar-refractivity contribution in [3.05, 3.63) is 66.2 Å². The Hall–Kier alpha value is -1.57. The van der Waals surface area contributed by atoms with Gasteiger partial charge in [0.15, 0.2) is 0 Å². The number of para-hydroxylation sites is 1. The van der Waals surface area contributed by atoms with Crippen molar-refractivity contribution >= 4 is 25.4 Å². The van der Waals surface area contributed by atoms with E-state index in [4.69, 9.17) is 4.99 Å². The molecule has 1 fully saturated rings. The van der Waals surface area contributed by atoms with Crippen LogP contribution in [0.2, 0.25) is 0 Å². The van der Waals surface area contributed by atoms with Gasteiger partial charge in [0.1, 0.15) is 0 Å². The monoisotopic (exact) mass is 344 g/mol. The summed E-state index contributed by atoms with van der Waals surface area (Å²) in [6, 6.07) is 21.7. The third kappa shape index (κ3) is 3.37. The first-order valence-electron chi connectivity index (χ1n) is 7.36. The second-order valence-corrected chi connectivity index (χ2v) is 7.95. The van der Waals surface area contributed by atoms with E-state index < -0.39 is 0 Å². The van der Waals surface area contributed by atoms with Crippen LogP contribution in [0.25, 0.3) is 0 Å². The molecule has 0 radical (unpaired) electrons. The average Bonchev–Trinajstić information content (AvgIpc) is 2.93. The summed E-state index contributed by atoms with van der Waals surface area (Å²) >= 11 is 0.390. The zero-order valence-corrected chi connectivity index (χ0v) is 14.2. The molecule has 0 N–H and O–H groups in total. The molecule has 2 nitrogen and oxygen atoms in total. The second kappa shape index (κ2) is 6.46. The van der Waals surface area contributed by atoms with Crippen molar-refractivity contribution in [3.8, 4) is 0 Å². The van der Waals surface area contributed by atoms with Crippen LogP contribution in [0.3, 0.4) is 0 Å². The predicted molar refractivity (Wildman–Crippen MR) is 90.3 cm³/mol. The van der Waals surface area contributed by atoms with Crippen molar-refractivity contribution in [2.75, 3.05) is 6.54 Å². The summed E-state index contributed by atoms with van der Waals surface area (Å²) in [7, 11) is 0. The van der Waals surface area contributed by atoms with E-state index in [0.717, 1.165) is 12.2 Å². The topological polar surface area (TPSA) is 15.6 Å². The SMILES string of the molecule is CC(C)N1CC(c2ccccc2)[Se]C1=Nc1ccccc1. The zero-order valence-electron chi connectivity index (χ0n) is 12.4. The number of aliphatic imine (C=N–C) groups is 1. The minimum absolute atomic E-state index is 0.390. The van der Waals surface area contributed by atoms with E-state index in [1.807, 2.05) is 6.07 Å². The first-order valence-corrected chi connectivity index (χ1v) is 9.20. The molecule has 1 aliphatic heterocycles. The van der Waals surface area contributed by atoms with Gasteiger partial charge >= 0.3 is 133 Å². The van der Waals surface area contributed by atoms with Gasteiger partial charge < -0.3 is 0 Å². The minimum atomic E-state index is 0.390. The summed E-state index contributed by atoms with van der Waals surface area (Å²) in [5.41, 5.74) is 2.51. The summed E-state index contributed by atoms with van der Waals surface area (Å²) in [6.07, 6.45) is 0. The van der Waals surface area contributed by atoms with Gasteiger partial charge in [0.05, 0.1) is 0 Å². The van der Waals surface area contributed by atoms with Crippen LogP contribution in [0.1, 0.15) is 24.2 Å². The maximum atomic E-state index is 4.91. The van der Waals surface area contributed by atoms with Crippen LogP contribution >= 0.6 is 0 Å². The Kier molecular flexibility index (Phi) is 4.42. The molecule has 2 aromatic rings. The van der Waals surface area contributed by atoms with Crippen molar-refractivity contribution in [1.29, 1.82) is 0 Å². The van der Waals surface area contributed by atoms with Gasteiger partial charge in [-0.2, -0.15) is 0 Å². The van der Waals surface area contributed by atoms with Crippen molar-refractivity contribution in [3.63, 3.8) is 0 Å². The molecule has 1 unspecified atom stereocenters. The average molecular weight is 343 g/mol. The quantitative estimate of drug-likeness (QED) is 0.773. The van der Waals surface area contributed by atoms with Gasteiger partial charge in [-0.25, -0.2) is 0 Å². The number of benzene rings is 2. The molecule has 21 heavy (non-hydrogen) atoms. The Morgan fingerprint density at radius 2 is 1.62 bits per heavy atom. The summed E-state index contributed by atoms with van der Waals surface area (Å²) in [4.78, 5) is 7.98. The third-order valence-corrected chi connectivity index (χ3v) is 6.24. The van der Waals surface area contributed by atoms with E-state index >= 15 is 0 Å². The Morgan fingerprint density at radius 3 is 2.24 bits per heavy atom. The van der Waals surface area contributed by atoms with Crippen molar-refractivity contribution in [1.82, 2.24) is 4.90 Å². The number of amidine groups is 1. The van der Waals surface area contributed by atoms with Crippen LogP contribution in [-0.4, -0.2) is 37.2 Å². The van der Waals surface area contributed by atoms with Crippen LogP contribution in [0.15, 0.2) is 65.7 Å². The van der Waals surface area contributed by atoms with Gasteiger partial charge in [0, 0.05) is 0 Å². The molecule has 0 spiro atoms. The Balaban J connectivity index is 1.87. The van der Waals surface area contributed by atoms with E-state index in [1.165, 1.54) is 10.3 Å². The molecule has 0 aromatic heterocycles. The van der Waals surface area contributed by atoms with Crippen molar-refractivity contribution in [2.24, 2.45) is 4.99 Å². The van der Waals surface area contributed by atoms with E-state index in [1.54, 1.807) is 0 Å². The normalized spacial score (nSPS) is 20.4. The second-order valence-electron chi connectivity index (χ2n) is 5.49. The van der Waals surface area contributed by atoms with Gasteiger partial charge in [-0.05, 0) is 0 Å². The molecule has 0 aliphatic carbocycles. The molecular weight excluding hydrogens is 323 g/mol. The van der Waals surface area contributed by atoms with Gasteiger partial charge in [-0.1, -0.05) is 0 Å². The molecular formula is C18H20N2Se. The van der Waals surface area contributed by atoms with Crippen LogP contribution < -0.4 is 0 Å². The number of nitrogens with zero attached hydrogens (tertiary/aromatic N) is 2. The van der Waals surface area contributed by atoms with E-state index in [2.05, 4.69) is 73.3 Å². The van der Waals surface area contributed by atoms with Crippen molar-refractivity contribution < 1.29 is 0 Å². The fourth-order valence-electron chi connectivity index (χ4n) is 2.47. The summed E-state index contributed by atoms with van der Waals surface area (Å²) < 4.78 is 1.28. The fourth-order valence-corrected chi connectivity index (χ4v) is 5.32. The summed E-state index contributed by atoms with van der Waals surface area (Å²) in [6.45, 7) is 5.60. The Bertz CT molecular complexity index is 608. The zero-order chi connectivity index (χ0) is 14.7. The molecule has 108 valence electrons. The number of hydrogen-bond donors (Lipinski definition) is 0. The third-order valence-electron chi connectivity index (χ3n) is 3.63. The standard InChI is InChI=1S/C18H20N2Se/c1-14(2)20-13-17(15-9-5-3-6-10-15)21-18(20)19-16-11-7-4-8-12-16/h3-12,14,17H,13H2,1-2H3.